The molecule has 8 heteroatoms. The van der Waals surface area contributed by atoms with Gasteiger partial charge < -0.3 is 10.0 Å². The first-order valence-electron chi connectivity index (χ1n) is 8.30. The van der Waals surface area contributed by atoms with Gasteiger partial charge >= 0.3 is 6.18 Å². The molecule has 2 rings (SSSR count). The molecule has 0 aliphatic heterocycles. The van der Waals surface area contributed by atoms with E-state index in [9.17, 15) is 18.0 Å². The van der Waals surface area contributed by atoms with E-state index in [0.29, 0.717) is 29.2 Å². The Balaban J connectivity index is 2.35. The number of aliphatic hydroxyl groups excluding tert-OH is 1. The van der Waals surface area contributed by atoms with Gasteiger partial charge in [0.05, 0.1) is 30.0 Å². The van der Waals surface area contributed by atoms with E-state index in [0.717, 1.165) is 12.1 Å². The van der Waals surface area contributed by atoms with Gasteiger partial charge in [0, 0.05) is 24.3 Å². The molecule has 0 aliphatic rings. The third-order valence-corrected chi connectivity index (χ3v) is 4.29. The lowest BCUT2D eigenvalue weighted by Gasteiger charge is -2.19. The van der Waals surface area contributed by atoms with Crippen molar-refractivity contribution in [1.29, 1.82) is 0 Å². The van der Waals surface area contributed by atoms with Crippen molar-refractivity contribution in [3.8, 4) is 5.69 Å². The molecule has 0 atom stereocenters. The number of amides is 1. The molecule has 1 heterocycles. The molecule has 142 valence electrons. The average molecular weight is 369 g/mol. The van der Waals surface area contributed by atoms with Crippen molar-refractivity contribution in [1.82, 2.24) is 14.7 Å². The standard InChI is InChI=1S/C18H22F3N3O2/c1-4-23(8-9-25)17(26)11-16-12(2)22-24(13(16)3)15-7-5-6-14(10-15)18(19,20)21/h5-7,10,25H,4,8-9,11H2,1-3H3. The zero-order valence-electron chi connectivity index (χ0n) is 15.0. The molecule has 1 amide bonds. The van der Waals surface area contributed by atoms with E-state index in [-0.39, 0.29) is 25.5 Å². The summed E-state index contributed by atoms with van der Waals surface area (Å²) in [7, 11) is 0. The van der Waals surface area contributed by atoms with Gasteiger partial charge in [-0.2, -0.15) is 18.3 Å². The number of carbonyl (C=O) groups is 1. The van der Waals surface area contributed by atoms with Crippen molar-refractivity contribution in [3.05, 3.63) is 46.8 Å². The fourth-order valence-electron chi connectivity index (χ4n) is 2.84. The Morgan fingerprint density at radius 3 is 2.58 bits per heavy atom. The number of hydrogen-bond acceptors (Lipinski definition) is 3. The van der Waals surface area contributed by atoms with E-state index >= 15 is 0 Å². The van der Waals surface area contributed by atoms with Gasteiger partial charge in [-0.3, -0.25) is 4.79 Å². The number of benzene rings is 1. The first-order valence-corrected chi connectivity index (χ1v) is 8.30. The number of rotatable bonds is 6. The van der Waals surface area contributed by atoms with Gasteiger partial charge in [0.15, 0.2) is 0 Å². The van der Waals surface area contributed by atoms with Crippen molar-refractivity contribution in [2.24, 2.45) is 0 Å². The molecule has 0 bridgehead atoms. The summed E-state index contributed by atoms with van der Waals surface area (Å²) in [6.45, 7) is 5.86. The number of aryl methyl sites for hydroxylation is 1. The van der Waals surface area contributed by atoms with Gasteiger partial charge in [0.2, 0.25) is 5.91 Å². The number of carbonyl (C=O) groups excluding carboxylic acids is 1. The van der Waals surface area contributed by atoms with Crippen LogP contribution in [-0.4, -0.2) is 45.4 Å². The molecule has 0 saturated carbocycles. The summed E-state index contributed by atoms with van der Waals surface area (Å²) >= 11 is 0. The maximum atomic E-state index is 12.9. The summed E-state index contributed by atoms with van der Waals surface area (Å²) in [6.07, 6.45) is -4.35. The Labute approximate surface area is 150 Å². The molecular weight excluding hydrogens is 347 g/mol. The summed E-state index contributed by atoms with van der Waals surface area (Å²) in [5.74, 6) is -0.156. The summed E-state index contributed by atoms with van der Waals surface area (Å²) in [5.41, 5.74) is 1.44. The van der Waals surface area contributed by atoms with Crippen molar-refractivity contribution in [2.75, 3.05) is 19.7 Å². The molecule has 0 aliphatic carbocycles. The van der Waals surface area contributed by atoms with Crippen LogP contribution in [0.5, 0.6) is 0 Å². The van der Waals surface area contributed by atoms with Crippen LogP contribution in [-0.2, 0) is 17.4 Å². The van der Waals surface area contributed by atoms with Crippen molar-refractivity contribution >= 4 is 5.91 Å². The first-order chi connectivity index (χ1) is 12.2. The zero-order chi connectivity index (χ0) is 19.5. The summed E-state index contributed by atoms with van der Waals surface area (Å²) in [6, 6.07) is 4.92. The zero-order valence-corrected chi connectivity index (χ0v) is 15.0. The fourth-order valence-corrected chi connectivity index (χ4v) is 2.84. The van der Waals surface area contributed by atoms with Crippen LogP contribution in [0.4, 0.5) is 13.2 Å². The SMILES string of the molecule is CCN(CCO)C(=O)Cc1c(C)nn(-c2cccc(C(F)(F)F)c2)c1C. The summed E-state index contributed by atoms with van der Waals surface area (Å²) in [4.78, 5) is 13.9. The van der Waals surface area contributed by atoms with E-state index in [1.807, 2.05) is 6.92 Å². The predicted molar refractivity (Wildman–Crippen MR) is 91.1 cm³/mol. The van der Waals surface area contributed by atoms with E-state index in [1.165, 1.54) is 15.6 Å². The van der Waals surface area contributed by atoms with Crippen LogP contribution >= 0.6 is 0 Å². The van der Waals surface area contributed by atoms with E-state index in [2.05, 4.69) is 5.10 Å². The minimum Gasteiger partial charge on any atom is -0.395 e. The number of nitrogens with zero attached hydrogens (tertiary/aromatic N) is 3. The largest absolute Gasteiger partial charge is 0.416 e. The Kier molecular flexibility index (Phi) is 6.07. The monoisotopic (exact) mass is 369 g/mol. The molecular formula is C18H22F3N3O2. The Morgan fingerprint density at radius 1 is 1.31 bits per heavy atom. The normalized spacial score (nSPS) is 11.7. The van der Waals surface area contributed by atoms with Crippen molar-refractivity contribution < 1.29 is 23.1 Å². The molecule has 26 heavy (non-hydrogen) atoms. The highest BCUT2D eigenvalue weighted by molar-refractivity contribution is 5.79. The first kappa shape index (κ1) is 20.0. The summed E-state index contributed by atoms with van der Waals surface area (Å²) in [5, 5.41) is 13.4. The van der Waals surface area contributed by atoms with Gasteiger partial charge in [-0.05, 0) is 39.0 Å². The lowest BCUT2D eigenvalue weighted by atomic mass is 10.1. The van der Waals surface area contributed by atoms with Crippen molar-refractivity contribution in [3.63, 3.8) is 0 Å². The van der Waals surface area contributed by atoms with E-state index in [1.54, 1.807) is 19.9 Å². The lowest BCUT2D eigenvalue weighted by Crippen LogP contribution is -2.34. The van der Waals surface area contributed by atoms with Crippen LogP contribution < -0.4 is 0 Å². The van der Waals surface area contributed by atoms with Crippen LogP contribution in [0.15, 0.2) is 24.3 Å². The maximum absolute atomic E-state index is 12.9. The Bertz CT molecular complexity index is 784. The molecule has 1 N–H and O–H groups in total. The van der Waals surface area contributed by atoms with Gasteiger partial charge in [-0.1, -0.05) is 6.07 Å². The van der Waals surface area contributed by atoms with Gasteiger partial charge in [-0.15, -0.1) is 0 Å². The van der Waals surface area contributed by atoms with Crippen LogP contribution in [0.25, 0.3) is 5.69 Å². The maximum Gasteiger partial charge on any atom is 0.416 e. The quantitative estimate of drug-likeness (QED) is 0.852. The number of aliphatic hydroxyl groups is 1. The molecule has 0 spiro atoms. The molecule has 0 unspecified atom stereocenters. The highest BCUT2D eigenvalue weighted by Gasteiger charge is 2.31. The minimum atomic E-state index is -4.43. The van der Waals surface area contributed by atoms with E-state index < -0.39 is 11.7 Å². The number of alkyl halides is 3. The molecule has 1 aromatic carbocycles. The highest BCUT2D eigenvalue weighted by Crippen LogP contribution is 2.31. The second-order valence-corrected chi connectivity index (χ2v) is 5.98. The van der Waals surface area contributed by atoms with Crippen LogP contribution in [0, 0.1) is 13.8 Å². The Hall–Kier alpha value is -2.35. The van der Waals surface area contributed by atoms with Crippen LogP contribution in [0.2, 0.25) is 0 Å². The topological polar surface area (TPSA) is 58.4 Å². The molecule has 0 radical (unpaired) electrons. The molecule has 1 aromatic heterocycles. The average Bonchev–Trinajstić information content (AvgIpc) is 2.87. The fraction of sp³-hybridized carbons (Fsp3) is 0.444. The smallest absolute Gasteiger partial charge is 0.395 e. The molecule has 0 fully saturated rings. The predicted octanol–water partition coefficient (Wildman–Crippen LogP) is 2.89. The molecule has 2 aromatic rings. The number of likely N-dealkylation sites (N-methyl/N-ethyl adjacent to an activating group) is 1. The third kappa shape index (κ3) is 4.24. The Morgan fingerprint density at radius 2 is 2.00 bits per heavy atom. The second kappa shape index (κ2) is 7.90. The number of aromatic nitrogens is 2. The van der Waals surface area contributed by atoms with Crippen LogP contribution in [0.1, 0.15) is 29.4 Å². The highest BCUT2D eigenvalue weighted by atomic mass is 19.4. The van der Waals surface area contributed by atoms with E-state index in [4.69, 9.17) is 5.11 Å². The lowest BCUT2D eigenvalue weighted by molar-refractivity contribution is -0.137. The van der Waals surface area contributed by atoms with Gasteiger partial charge in [0.1, 0.15) is 0 Å². The van der Waals surface area contributed by atoms with Gasteiger partial charge in [0.25, 0.3) is 0 Å². The van der Waals surface area contributed by atoms with Crippen LogP contribution in [0.3, 0.4) is 0 Å². The number of hydrogen-bond donors (Lipinski definition) is 1. The molecule has 0 saturated heterocycles. The third-order valence-electron chi connectivity index (χ3n) is 4.29. The summed E-state index contributed by atoms with van der Waals surface area (Å²) < 4.78 is 40.2. The van der Waals surface area contributed by atoms with Gasteiger partial charge in [-0.25, -0.2) is 4.68 Å². The second-order valence-electron chi connectivity index (χ2n) is 5.98. The molecule has 5 nitrogen and oxygen atoms in total. The van der Waals surface area contributed by atoms with Crippen molar-refractivity contribution in [2.45, 2.75) is 33.4 Å². The number of halogens is 3. The minimum absolute atomic E-state index is 0.0878.